The maximum atomic E-state index is 13.0. The second-order valence-electron chi connectivity index (χ2n) is 3.58. The summed E-state index contributed by atoms with van der Waals surface area (Å²) in [5.74, 6) is 0.901. The van der Waals surface area contributed by atoms with Crippen LogP contribution in [0.4, 0.5) is 4.39 Å². The molecule has 17 heavy (non-hydrogen) atoms. The van der Waals surface area contributed by atoms with Gasteiger partial charge in [-0.2, -0.15) is 4.98 Å². The summed E-state index contributed by atoms with van der Waals surface area (Å²) in [7, 11) is 0. The minimum absolute atomic E-state index is 0.262. The summed E-state index contributed by atoms with van der Waals surface area (Å²) in [5.41, 5.74) is 0.985. The molecule has 6 heteroatoms. The fourth-order valence-corrected chi connectivity index (χ4v) is 1.81. The van der Waals surface area contributed by atoms with Crippen molar-refractivity contribution in [3.8, 4) is 0 Å². The van der Waals surface area contributed by atoms with E-state index >= 15 is 0 Å². The number of rotatable bonds is 4. The van der Waals surface area contributed by atoms with Crippen LogP contribution in [-0.2, 0) is 13.1 Å². The predicted octanol–water partition coefficient (Wildman–Crippen LogP) is 2.57. The average molecular weight is 300 g/mol. The van der Waals surface area contributed by atoms with E-state index in [1.807, 2.05) is 0 Å². The van der Waals surface area contributed by atoms with Crippen molar-refractivity contribution < 1.29 is 8.91 Å². The number of hydrogen-bond donors (Lipinski definition) is 1. The van der Waals surface area contributed by atoms with Gasteiger partial charge in [0.05, 0.1) is 11.0 Å². The molecule has 0 aliphatic carbocycles. The Morgan fingerprint density at radius 2 is 2.24 bits per heavy atom. The molecule has 0 radical (unpaired) electrons. The largest absolute Gasteiger partial charge is 0.340 e. The van der Waals surface area contributed by atoms with Gasteiger partial charge in [0.2, 0.25) is 5.89 Å². The zero-order valence-corrected chi connectivity index (χ0v) is 10.8. The standard InChI is InChI=1S/C11H11BrFN3O/c1-7-15-11(16-17-7)6-14-5-8-2-3-10(13)9(12)4-8/h2-4,14H,5-6H2,1H3. The van der Waals surface area contributed by atoms with E-state index in [4.69, 9.17) is 4.52 Å². The van der Waals surface area contributed by atoms with Gasteiger partial charge in [-0.15, -0.1) is 0 Å². The van der Waals surface area contributed by atoms with Crippen LogP contribution in [0.15, 0.2) is 27.2 Å². The number of hydrogen-bond acceptors (Lipinski definition) is 4. The first kappa shape index (κ1) is 12.2. The summed E-state index contributed by atoms with van der Waals surface area (Å²) >= 11 is 3.14. The molecule has 0 atom stereocenters. The van der Waals surface area contributed by atoms with Gasteiger partial charge in [-0.25, -0.2) is 4.39 Å². The average Bonchev–Trinajstić information content (AvgIpc) is 2.70. The SMILES string of the molecule is Cc1nc(CNCc2ccc(F)c(Br)c2)no1. The van der Waals surface area contributed by atoms with Crippen molar-refractivity contribution in [1.82, 2.24) is 15.5 Å². The minimum atomic E-state index is -0.262. The van der Waals surface area contributed by atoms with E-state index in [9.17, 15) is 4.39 Å². The highest BCUT2D eigenvalue weighted by atomic mass is 79.9. The predicted molar refractivity (Wildman–Crippen MR) is 63.7 cm³/mol. The summed E-state index contributed by atoms with van der Waals surface area (Å²) in [6, 6.07) is 4.90. The van der Waals surface area contributed by atoms with Gasteiger partial charge >= 0.3 is 0 Å². The van der Waals surface area contributed by atoms with Crippen LogP contribution in [0.2, 0.25) is 0 Å². The highest BCUT2D eigenvalue weighted by Gasteiger charge is 2.03. The number of halogens is 2. The first-order valence-corrected chi connectivity index (χ1v) is 5.88. The van der Waals surface area contributed by atoms with Crippen LogP contribution in [0.3, 0.4) is 0 Å². The molecule has 0 bridgehead atoms. The Balaban J connectivity index is 1.87. The van der Waals surface area contributed by atoms with Gasteiger partial charge in [-0.05, 0) is 33.6 Å². The summed E-state index contributed by atoms with van der Waals surface area (Å²) < 4.78 is 18.3. The van der Waals surface area contributed by atoms with Crippen molar-refractivity contribution >= 4 is 15.9 Å². The van der Waals surface area contributed by atoms with E-state index in [0.717, 1.165) is 5.56 Å². The molecule has 0 aliphatic rings. The van der Waals surface area contributed by atoms with E-state index in [-0.39, 0.29) is 5.82 Å². The Bertz CT molecular complexity index is 515. The van der Waals surface area contributed by atoms with Crippen molar-refractivity contribution in [1.29, 1.82) is 0 Å². The molecule has 0 spiro atoms. The third-order valence-corrected chi connectivity index (χ3v) is 2.77. The summed E-state index contributed by atoms with van der Waals surface area (Å²) in [6.45, 7) is 2.88. The molecular weight excluding hydrogens is 289 g/mol. The van der Waals surface area contributed by atoms with Gasteiger partial charge in [0.15, 0.2) is 5.82 Å². The fraction of sp³-hybridized carbons (Fsp3) is 0.273. The molecule has 2 rings (SSSR count). The molecule has 0 fully saturated rings. The normalized spacial score (nSPS) is 10.8. The molecule has 1 heterocycles. The molecule has 1 aromatic heterocycles. The number of aromatic nitrogens is 2. The summed E-state index contributed by atoms with van der Waals surface area (Å²) in [6.07, 6.45) is 0. The monoisotopic (exact) mass is 299 g/mol. The fourth-order valence-electron chi connectivity index (χ4n) is 1.38. The van der Waals surface area contributed by atoms with Crippen molar-refractivity contribution in [2.24, 2.45) is 0 Å². The van der Waals surface area contributed by atoms with Crippen LogP contribution in [0.1, 0.15) is 17.3 Å². The Morgan fingerprint density at radius 3 is 2.88 bits per heavy atom. The lowest BCUT2D eigenvalue weighted by Gasteiger charge is -2.03. The number of nitrogens with one attached hydrogen (secondary N) is 1. The first-order chi connectivity index (χ1) is 8.15. The van der Waals surface area contributed by atoms with Gasteiger partial charge < -0.3 is 9.84 Å². The van der Waals surface area contributed by atoms with E-state index < -0.39 is 0 Å². The molecule has 0 unspecified atom stereocenters. The molecule has 0 amide bonds. The van der Waals surface area contributed by atoms with Crippen LogP contribution in [0, 0.1) is 12.7 Å². The van der Waals surface area contributed by atoms with Crippen LogP contribution >= 0.6 is 15.9 Å². The quantitative estimate of drug-likeness (QED) is 0.943. The lowest BCUT2D eigenvalue weighted by molar-refractivity contribution is 0.385. The van der Waals surface area contributed by atoms with E-state index in [2.05, 4.69) is 31.4 Å². The van der Waals surface area contributed by atoms with E-state index in [0.29, 0.717) is 29.3 Å². The lowest BCUT2D eigenvalue weighted by atomic mass is 10.2. The van der Waals surface area contributed by atoms with Gasteiger partial charge in [-0.1, -0.05) is 11.2 Å². The van der Waals surface area contributed by atoms with Crippen LogP contribution < -0.4 is 5.32 Å². The van der Waals surface area contributed by atoms with E-state index in [1.165, 1.54) is 6.07 Å². The van der Waals surface area contributed by atoms with E-state index in [1.54, 1.807) is 19.1 Å². The molecule has 0 saturated carbocycles. The molecule has 4 nitrogen and oxygen atoms in total. The smallest absolute Gasteiger partial charge is 0.223 e. The molecule has 2 aromatic rings. The number of aryl methyl sites for hydroxylation is 1. The molecule has 1 N–H and O–H groups in total. The molecule has 1 aromatic carbocycles. The second-order valence-corrected chi connectivity index (χ2v) is 4.44. The summed E-state index contributed by atoms with van der Waals surface area (Å²) in [5, 5.41) is 6.91. The van der Waals surface area contributed by atoms with Gasteiger partial charge in [0.1, 0.15) is 5.82 Å². The summed E-state index contributed by atoms with van der Waals surface area (Å²) in [4.78, 5) is 4.06. The molecular formula is C11H11BrFN3O. The number of benzene rings is 1. The highest BCUT2D eigenvalue weighted by molar-refractivity contribution is 9.10. The zero-order chi connectivity index (χ0) is 12.3. The van der Waals surface area contributed by atoms with Crippen molar-refractivity contribution in [2.45, 2.75) is 20.0 Å². The van der Waals surface area contributed by atoms with Crippen molar-refractivity contribution in [2.75, 3.05) is 0 Å². The maximum absolute atomic E-state index is 13.0. The Morgan fingerprint density at radius 1 is 1.41 bits per heavy atom. The topological polar surface area (TPSA) is 51.0 Å². The Labute approximate surface area is 106 Å². The molecule has 0 saturated heterocycles. The molecule has 0 aliphatic heterocycles. The van der Waals surface area contributed by atoms with Crippen molar-refractivity contribution in [3.05, 3.63) is 45.8 Å². The lowest BCUT2D eigenvalue weighted by Crippen LogP contribution is -2.13. The first-order valence-electron chi connectivity index (χ1n) is 5.09. The maximum Gasteiger partial charge on any atom is 0.223 e. The highest BCUT2D eigenvalue weighted by Crippen LogP contribution is 2.16. The van der Waals surface area contributed by atoms with Gasteiger partial charge in [0.25, 0.3) is 0 Å². The molecule has 90 valence electrons. The Kier molecular flexibility index (Phi) is 3.86. The van der Waals surface area contributed by atoms with Gasteiger partial charge in [0, 0.05) is 13.5 Å². The minimum Gasteiger partial charge on any atom is -0.340 e. The second kappa shape index (κ2) is 5.37. The van der Waals surface area contributed by atoms with Crippen LogP contribution in [-0.4, -0.2) is 10.1 Å². The number of nitrogens with zero attached hydrogens (tertiary/aromatic N) is 2. The van der Waals surface area contributed by atoms with Crippen molar-refractivity contribution in [3.63, 3.8) is 0 Å². The third-order valence-electron chi connectivity index (χ3n) is 2.17. The third kappa shape index (κ3) is 3.34. The Hall–Kier alpha value is -1.27. The van der Waals surface area contributed by atoms with Gasteiger partial charge in [-0.3, -0.25) is 0 Å². The van der Waals surface area contributed by atoms with Crippen LogP contribution in [0.25, 0.3) is 0 Å². The van der Waals surface area contributed by atoms with Crippen LogP contribution in [0.5, 0.6) is 0 Å². The zero-order valence-electron chi connectivity index (χ0n) is 9.20.